The second kappa shape index (κ2) is 30.1. The van der Waals surface area contributed by atoms with Gasteiger partial charge >= 0.3 is 0 Å². The third-order valence-corrected chi connectivity index (χ3v) is 11.6. The molecule has 0 amide bonds. The maximum atomic E-state index is 9.66. The number of nitrogens with zero attached hydrogens (tertiary/aromatic N) is 1. The molecule has 0 radical (unpaired) electrons. The molecule has 2 aromatic rings. The zero-order valence-corrected chi connectivity index (χ0v) is 36.3. The first-order valence-corrected chi connectivity index (χ1v) is 23.4. The molecular formula is C53H82N2. The number of rotatable bonds is 32. The first-order chi connectivity index (χ1) is 27.1. The molecule has 0 spiro atoms. The van der Waals surface area contributed by atoms with Gasteiger partial charge in [0, 0.05) is 16.7 Å². The van der Waals surface area contributed by atoms with Gasteiger partial charge in [0.05, 0.1) is 5.57 Å². The Hall–Kier alpha value is -3.13. The average molecular weight is 747 g/mol. The first-order valence-electron chi connectivity index (χ1n) is 23.4. The van der Waals surface area contributed by atoms with E-state index in [2.05, 4.69) is 107 Å². The van der Waals surface area contributed by atoms with Crippen molar-refractivity contribution >= 4 is 11.4 Å². The zero-order chi connectivity index (χ0) is 39.2. The van der Waals surface area contributed by atoms with E-state index < -0.39 is 0 Å². The summed E-state index contributed by atoms with van der Waals surface area (Å²) in [5.74, 6) is 9.66. The monoisotopic (exact) mass is 747 g/mol. The van der Waals surface area contributed by atoms with Crippen molar-refractivity contribution in [3.05, 3.63) is 118 Å². The SMILES string of the molecule is CCCC=C1C(C)=C(c2ccccc2CCCC=CCCCCCCCCCCC)[N+]([NH-])=C1c1ccccc1CCCC=CCCCCCCCCCCC. The quantitative estimate of drug-likeness (QED) is 0.0405. The van der Waals surface area contributed by atoms with E-state index in [0.717, 1.165) is 62.8 Å². The van der Waals surface area contributed by atoms with Crippen LogP contribution in [0.25, 0.3) is 11.5 Å². The molecule has 0 unspecified atom stereocenters. The van der Waals surface area contributed by atoms with Gasteiger partial charge < -0.3 is 5.84 Å². The number of allylic oxidation sites excluding steroid dienone is 7. The van der Waals surface area contributed by atoms with E-state index in [1.54, 1.807) is 4.68 Å². The van der Waals surface area contributed by atoms with E-state index in [9.17, 15) is 5.84 Å². The molecule has 2 nitrogen and oxygen atoms in total. The van der Waals surface area contributed by atoms with Crippen LogP contribution in [0.15, 0.2) is 90.1 Å². The summed E-state index contributed by atoms with van der Waals surface area (Å²) in [5, 5.41) is 0. The molecule has 55 heavy (non-hydrogen) atoms. The van der Waals surface area contributed by atoms with Crippen LogP contribution < -0.4 is 0 Å². The maximum absolute atomic E-state index is 9.66. The molecule has 304 valence electrons. The fourth-order valence-electron chi connectivity index (χ4n) is 8.21. The summed E-state index contributed by atoms with van der Waals surface area (Å²) in [7, 11) is 0. The van der Waals surface area contributed by atoms with E-state index >= 15 is 0 Å². The minimum Gasteiger partial charge on any atom is -0.448 e. The minimum atomic E-state index is 1.02. The molecule has 0 saturated carbocycles. The van der Waals surface area contributed by atoms with E-state index in [1.165, 1.54) is 162 Å². The predicted molar refractivity (Wildman–Crippen MR) is 245 cm³/mol. The Morgan fingerprint density at radius 2 is 0.855 bits per heavy atom. The number of hydrogen-bond donors (Lipinski definition) is 0. The average Bonchev–Trinajstić information content (AvgIpc) is 3.45. The summed E-state index contributed by atoms with van der Waals surface area (Å²) in [4.78, 5) is 0. The number of hydrogen-bond acceptors (Lipinski definition) is 0. The van der Waals surface area contributed by atoms with Crippen molar-refractivity contribution in [2.45, 2.75) is 207 Å². The summed E-state index contributed by atoms with van der Waals surface area (Å²) in [6.45, 7) is 9.09. The lowest BCUT2D eigenvalue weighted by molar-refractivity contribution is -0.347. The predicted octanol–water partition coefficient (Wildman–Crippen LogP) is 17.2. The lowest BCUT2D eigenvalue weighted by Gasteiger charge is -2.13. The molecule has 1 heterocycles. The fourth-order valence-corrected chi connectivity index (χ4v) is 8.21. The molecule has 3 rings (SSSR count). The van der Waals surface area contributed by atoms with Crippen LogP contribution >= 0.6 is 0 Å². The van der Waals surface area contributed by atoms with Crippen LogP contribution in [0.4, 0.5) is 0 Å². The Balaban J connectivity index is 1.56. The zero-order valence-electron chi connectivity index (χ0n) is 36.3. The molecule has 0 aromatic heterocycles. The van der Waals surface area contributed by atoms with Crippen molar-refractivity contribution in [1.82, 2.24) is 0 Å². The molecule has 0 saturated heterocycles. The number of benzene rings is 2. The van der Waals surface area contributed by atoms with Crippen LogP contribution in [-0.4, -0.2) is 10.4 Å². The van der Waals surface area contributed by atoms with Gasteiger partial charge in [0.25, 0.3) is 0 Å². The van der Waals surface area contributed by atoms with Gasteiger partial charge in [-0.3, -0.25) is 0 Å². The third kappa shape index (κ3) is 17.7. The number of aryl methyl sites for hydroxylation is 2. The van der Waals surface area contributed by atoms with Crippen LogP contribution in [0.2, 0.25) is 0 Å². The molecule has 0 atom stereocenters. The minimum absolute atomic E-state index is 1.02. The highest BCUT2D eigenvalue weighted by molar-refractivity contribution is 6.17. The second-order valence-electron chi connectivity index (χ2n) is 16.3. The Morgan fingerprint density at radius 3 is 1.33 bits per heavy atom. The Kier molecular flexibility index (Phi) is 25.3. The van der Waals surface area contributed by atoms with E-state index in [-0.39, 0.29) is 0 Å². The highest BCUT2D eigenvalue weighted by Gasteiger charge is 2.34. The fraction of sp³-hybridized carbons (Fsp3) is 0.604. The van der Waals surface area contributed by atoms with E-state index in [1.807, 2.05) is 0 Å². The van der Waals surface area contributed by atoms with Gasteiger partial charge in [0.2, 0.25) is 11.4 Å². The number of unbranched alkanes of at least 4 members (excludes halogenated alkanes) is 21. The van der Waals surface area contributed by atoms with Crippen LogP contribution in [0, 0.1) is 0 Å². The smallest absolute Gasteiger partial charge is 0.216 e. The van der Waals surface area contributed by atoms with Gasteiger partial charge in [-0.1, -0.05) is 197 Å². The summed E-state index contributed by atoms with van der Waals surface area (Å²) in [5.41, 5.74) is 9.77. The normalized spacial score (nSPS) is 14.2. The van der Waals surface area contributed by atoms with Crippen LogP contribution in [0.5, 0.6) is 0 Å². The summed E-state index contributed by atoms with van der Waals surface area (Å²) < 4.78 is 1.78. The van der Waals surface area contributed by atoms with Crippen LogP contribution in [0.1, 0.15) is 217 Å². The lowest BCUT2D eigenvalue weighted by Crippen LogP contribution is -2.14. The maximum Gasteiger partial charge on any atom is 0.216 e. The third-order valence-electron chi connectivity index (χ3n) is 11.6. The van der Waals surface area contributed by atoms with E-state index in [0.29, 0.717) is 0 Å². The highest BCUT2D eigenvalue weighted by atomic mass is 15.3. The van der Waals surface area contributed by atoms with Gasteiger partial charge in [0.1, 0.15) is 0 Å². The molecular weight excluding hydrogens is 665 g/mol. The second-order valence-corrected chi connectivity index (χ2v) is 16.3. The van der Waals surface area contributed by atoms with Crippen molar-refractivity contribution in [3.63, 3.8) is 0 Å². The van der Waals surface area contributed by atoms with Crippen molar-refractivity contribution in [2.75, 3.05) is 0 Å². The Labute approximate surface area is 340 Å². The molecule has 2 heteroatoms. The molecule has 1 N–H and O–H groups in total. The van der Waals surface area contributed by atoms with Crippen molar-refractivity contribution < 1.29 is 4.68 Å². The first kappa shape index (κ1) is 46.3. The molecule has 1 aliphatic heterocycles. The van der Waals surface area contributed by atoms with Gasteiger partial charge in [0.15, 0.2) is 0 Å². The number of nitrogens with one attached hydrogen (secondary N) is 1. The molecule has 0 bridgehead atoms. The van der Waals surface area contributed by atoms with Gasteiger partial charge in [-0.05, 0) is 101 Å². The van der Waals surface area contributed by atoms with Crippen molar-refractivity contribution in [2.24, 2.45) is 0 Å². The van der Waals surface area contributed by atoms with Gasteiger partial charge in [-0.15, -0.1) is 0 Å². The highest BCUT2D eigenvalue weighted by Crippen LogP contribution is 2.37. The standard InChI is InChI=1S/C53H82N2/c1-5-8-11-13-15-17-19-21-23-25-27-29-31-33-39-47-41-35-37-44-50(47)52-46(4)49(43-10-7-3)53(55(52)54)51-45-38-36-42-48(51)40-34-32-30-28-26-24-22-20-18-16-14-12-9-6-2/h27-30,35-38,41-45,54H,5-26,31-34,39-40H2,1-4H3. The summed E-state index contributed by atoms with van der Waals surface area (Å²) >= 11 is 0. The van der Waals surface area contributed by atoms with Crippen molar-refractivity contribution in [3.8, 4) is 0 Å². The Morgan fingerprint density at radius 1 is 0.455 bits per heavy atom. The lowest BCUT2D eigenvalue weighted by atomic mass is 9.91. The largest absolute Gasteiger partial charge is 0.448 e. The topological polar surface area (TPSA) is 26.8 Å². The molecule has 2 aromatic carbocycles. The van der Waals surface area contributed by atoms with Gasteiger partial charge in [-0.25, -0.2) is 4.68 Å². The van der Waals surface area contributed by atoms with Crippen LogP contribution in [0.3, 0.4) is 0 Å². The molecule has 1 aliphatic rings. The van der Waals surface area contributed by atoms with Gasteiger partial charge in [-0.2, -0.15) is 0 Å². The molecule has 0 aliphatic carbocycles. The van der Waals surface area contributed by atoms with Crippen molar-refractivity contribution in [1.29, 1.82) is 0 Å². The van der Waals surface area contributed by atoms with Crippen LogP contribution in [-0.2, 0) is 12.8 Å². The Bertz CT molecular complexity index is 1470. The molecule has 0 fully saturated rings. The summed E-state index contributed by atoms with van der Waals surface area (Å²) in [6.07, 6.45) is 48.3. The summed E-state index contributed by atoms with van der Waals surface area (Å²) in [6, 6.07) is 17.8. The van der Waals surface area contributed by atoms with E-state index in [4.69, 9.17) is 0 Å².